The van der Waals surface area contributed by atoms with Crippen molar-refractivity contribution in [1.82, 2.24) is 4.90 Å². The zero-order valence-electron chi connectivity index (χ0n) is 10.0. The second-order valence-corrected chi connectivity index (χ2v) is 5.02. The van der Waals surface area contributed by atoms with Crippen LogP contribution in [-0.2, 0) is 4.84 Å². The molecule has 2 heterocycles. The smallest absolute Gasteiger partial charge is 0.145 e. The van der Waals surface area contributed by atoms with Crippen molar-refractivity contribution < 1.29 is 4.84 Å². The topological polar surface area (TPSA) is 48.6 Å². The maximum Gasteiger partial charge on any atom is 0.145 e. The number of oxime groups is 1. The van der Waals surface area contributed by atoms with Crippen LogP contribution in [0.25, 0.3) is 0 Å². The van der Waals surface area contributed by atoms with Crippen molar-refractivity contribution >= 4 is 5.71 Å². The van der Waals surface area contributed by atoms with E-state index < -0.39 is 0 Å². The average molecular weight is 221 g/mol. The first-order chi connectivity index (χ1) is 7.69. The summed E-state index contributed by atoms with van der Waals surface area (Å²) in [7, 11) is 0. The van der Waals surface area contributed by atoms with E-state index in [-0.39, 0.29) is 12.0 Å². The van der Waals surface area contributed by atoms with Crippen molar-refractivity contribution in [2.24, 2.45) is 17.0 Å². The van der Waals surface area contributed by atoms with Crippen LogP contribution in [0, 0.1) is 23.2 Å². The molecule has 1 fully saturated rings. The lowest BCUT2D eigenvalue weighted by Gasteiger charge is -2.34. The monoisotopic (exact) mass is 221 g/mol. The summed E-state index contributed by atoms with van der Waals surface area (Å²) in [5.74, 6) is 0.709. The Morgan fingerprint density at radius 1 is 1.62 bits per heavy atom. The lowest BCUT2D eigenvalue weighted by atomic mass is 9.88. The van der Waals surface area contributed by atoms with Crippen LogP contribution >= 0.6 is 0 Å². The molecule has 0 spiro atoms. The van der Waals surface area contributed by atoms with Gasteiger partial charge in [-0.2, -0.15) is 5.26 Å². The largest absolute Gasteiger partial charge is 0.391 e. The summed E-state index contributed by atoms with van der Waals surface area (Å²) in [6.45, 7) is 7.04. The third-order valence-corrected chi connectivity index (χ3v) is 3.55. The first-order valence-corrected chi connectivity index (χ1v) is 6.00. The third kappa shape index (κ3) is 2.53. The summed E-state index contributed by atoms with van der Waals surface area (Å²) in [6.07, 6.45) is 2.25. The summed E-state index contributed by atoms with van der Waals surface area (Å²) >= 11 is 0. The van der Waals surface area contributed by atoms with E-state index in [1.54, 1.807) is 0 Å². The van der Waals surface area contributed by atoms with E-state index >= 15 is 0 Å². The van der Waals surface area contributed by atoms with Crippen LogP contribution in [0.4, 0.5) is 0 Å². The molecule has 3 atom stereocenters. The van der Waals surface area contributed by atoms with Crippen molar-refractivity contribution in [3.8, 4) is 6.07 Å². The molecule has 0 aromatic rings. The Hall–Kier alpha value is -1.08. The fraction of sp³-hybridized carbons (Fsp3) is 0.833. The minimum absolute atomic E-state index is 0.178. The Kier molecular flexibility index (Phi) is 3.45. The second kappa shape index (κ2) is 4.84. The fourth-order valence-electron chi connectivity index (χ4n) is 2.43. The van der Waals surface area contributed by atoms with Gasteiger partial charge in [-0.3, -0.25) is 4.90 Å². The molecular weight excluding hydrogens is 202 g/mol. The molecule has 0 bridgehead atoms. The molecule has 0 N–H and O–H groups in total. The summed E-state index contributed by atoms with van der Waals surface area (Å²) in [5, 5.41) is 13.0. The lowest BCUT2D eigenvalue weighted by molar-refractivity contribution is 0.0365. The van der Waals surface area contributed by atoms with Crippen LogP contribution in [0.5, 0.6) is 0 Å². The minimum Gasteiger partial charge on any atom is -0.391 e. The van der Waals surface area contributed by atoms with E-state index in [1.807, 2.05) is 6.92 Å². The van der Waals surface area contributed by atoms with E-state index in [9.17, 15) is 0 Å². The molecule has 3 unspecified atom stereocenters. The van der Waals surface area contributed by atoms with Crippen LogP contribution < -0.4 is 0 Å². The number of hydrogen-bond donors (Lipinski definition) is 0. The first-order valence-electron chi connectivity index (χ1n) is 6.00. The molecule has 2 rings (SSSR count). The number of piperidine rings is 1. The van der Waals surface area contributed by atoms with Crippen LogP contribution in [0.1, 0.15) is 26.7 Å². The van der Waals surface area contributed by atoms with Gasteiger partial charge in [-0.1, -0.05) is 12.1 Å². The van der Waals surface area contributed by atoms with Crippen molar-refractivity contribution in [1.29, 1.82) is 5.26 Å². The maximum absolute atomic E-state index is 9.05. The lowest BCUT2D eigenvalue weighted by Crippen LogP contribution is -2.42. The highest BCUT2D eigenvalue weighted by atomic mass is 16.6. The van der Waals surface area contributed by atoms with Gasteiger partial charge in [0, 0.05) is 19.5 Å². The molecule has 1 saturated heterocycles. The molecule has 88 valence electrons. The molecule has 0 aromatic heterocycles. The molecule has 4 nitrogen and oxygen atoms in total. The molecule has 4 heteroatoms. The second-order valence-electron chi connectivity index (χ2n) is 5.02. The quantitative estimate of drug-likeness (QED) is 0.712. The van der Waals surface area contributed by atoms with Crippen LogP contribution in [0.3, 0.4) is 0 Å². The highest BCUT2D eigenvalue weighted by molar-refractivity contribution is 5.82. The number of nitrogens with zero attached hydrogens (tertiary/aromatic N) is 3. The zero-order chi connectivity index (χ0) is 11.5. The molecule has 2 aliphatic rings. The number of hydrogen-bond acceptors (Lipinski definition) is 4. The molecule has 0 aromatic carbocycles. The number of rotatable bonds is 2. The minimum atomic E-state index is 0.178. The molecule has 0 aliphatic carbocycles. The number of likely N-dealkylation sites (tertiary alicyclic amines) is 1. The summed E-state index contributed by atoms with van der Waals surface area (Å²) in [6, 6.07) is 2.41. The molecule has 0 radical (unpaired) electrons. The maximum atomic E-state index is 9.05. The van der Waals surface area contributed by atoms with Gasteiger partial charge in [0.05, 0.1) is 17.7 Å². The molecule has 2 aliphatic heterocycles. The average Bonchev–Trinajstić information content (AvgIpc) is 2.67. The van der Waals surface area contributed by atoms with E-state index in [1.165, 1.54) is 0 Å². The fourth-order valence-corrected chi connectivity index (χ4v) is 2.43. The Morgan fingerprint density at radius 2 is 2.44 bits per heavy atom. The van der Waals surface area contributed by atoms with Gasteiger partial charge in [-0.15, -0.1) is 0 Å². The van der Waals surface area contributed by atoms with Gasteiger partial charge in [-0.25, -0.2) is 0 Å². The SMILES string of the molecule is CC1=NOC(CN2CCC(C)C(C#N)C2)C1. The van der Waals surface area contributed by atoms with Gasteiger partial charge >= 0.3 is 0 Å². The van der Waals surface area contributed by atoms with Crippen molar-refractivity contribution in [3.05, 3.63) is 0 Å². The standard InChI is InChI=1S/C12H19N3O/c1-9-3-4-15(7-11(9)6-13)8-12-5-10(2)14-16-12/h9,11-12H,3-5,7-8H2,1-2H3. The number of nitriles is 1. The summed E-state index contributed by atoms with van der Waals surface area (Å²) in [5.41, 5.74) is 1.08. The van der Waals surface area contributed by atoms with Crippen LogP contribution in [0.15, 0.2) is 5.16 Å². The van der Waals surface area contributed by atoms with E-state index in [4.69, 9.17) is 10.1 Å². The highest BCUT2D eigenvalue weighted by Crippen LogP contribution is 2.23. The third-order valence-electron chi connectivity index (χ3n) is 3.55. The Balaban J connectivity index is 1.81. The summed E-state index contributed by atoms with van der Waals surface area (Å²) < 4.78 is 0. The van der Waals surface area contributed by atoms with Gasteiger partial charge < -0.3 is 4.84 Å². The van der Waals surface area contributed by atoms with E-state index in [0.717, 1.165) is 38.2 Å². The van der Waals surface area contributed by atoms with Gasteiger partial charge in [0.15, 0.2) is 0 Å². The normalized spacial score (nSPS) is 35.3. The Labute approximate surface area is 96.9 Å². The predicted molar refractivity (Wildman–Crippen MR) is 61.9 cm³/mol. The molecule has 0 amide bonds. The van der Waals surface area contributed by atoms with E-state index in [2.05, 4.69) is 23.0 Å². The van der Waals surface area contributed by atoms with E-state index in [0.29, 0.717) is 5.92 Å². The summed E-state index contributed by atoms with van der Waals surface area (Å²) in [4.78, 5) is 7.67. The van der Waals surface area contributed by atoms with Crippen LogP contribution in [-0.4, -0.2) is 36.3 Å². The van der Waals surface area contributed by atoms with Gasteiger partial charge in [-0.05, 0) is 25.8 Å². The van der Waals surface area contributed by atoms with Crippen molar-refractivity contribution in [2.75, 3.05) is 19.6 Å². The molecule has 16 heavy (non-hydrogen) atoms. The van der Waals surface area contributed by atoms with Gasteiger partial charge in [0.25, 0.3) is 0 Å². The first kappa shape index (κ1) is 11.4. The molecule has 0 saturated carbocycles. The Morgan fingerprint density at radius 3 is 3.06 bits per heavy atom. The zero-order valence-corrected chi connectivity index (χ0v) is 10.0. The van der Waals surface area contributed by atoms with Crippen molar-refractivity contribution in [3.63, 3.8) is 0 Å². The van der Waals surface area contributed by atoms with Crippen LogP contribution in [0.2, 0.25) is 0 Å². The van der Waals surface area contributed by atoms with Crippen molar-refractivity contribution in [2.45, 2.75) is 32.8 Å². The van der Waals surface area contributed by atoms with Gasteiger partial charge in [0.1, 0.15) is 6.10 Å². The molecular formula is C12H19N3O. The highest BCUT2D eigenvalue weighted by Gasteiger charge is 2.29. The van der Waals surface area contributed by atoms with Gasteiger partial charge in [0.2, 0.25) is 0 Å². The Bertz CT molecular complexity index is 321. The predicted octanol–water partition coefficient (Wildman–Crippen LogP) is 1.63.